The van der Waals surface area contributed by atoms with Crippen LogP contribution in [0.1, 0.15) is 31.2 Å². The predicted molar refractivity (Wildman–Crippen MR) is 79.4 cm³/mol. The lowest BCUT2D eigenvalue weighted by Crippen LogP contribution is -2.06. The van der Waals surface area contributed by atoms with E-state index in [0.29, 0.717) is 17.3 Å². The fourth-order valence-corrected chi connectivity index (χ4v) is 2.33. The van der Waals surface area contributed by atoms with Crippen LogP contribution in [0, 0.1) is 0 Å². The first-order valence-corrected chi connectivity index (χ1v) is 7.06. The first kappa shape index (κ1) is 14.8. The van der Waals surface area contributed by atoms with Crippen molar-refractivity contribution >= 4 is 11.6 Å². The highest BCUT2D eigenvalue weighted by atomic mass is 35.5. The van der Waals surface area contributed by atoms with E-state index >= 15 is 0 Å². The standard InChI is InChI=1S/C14H19ClN4O/c1-3-4-5-13-12(9-16)17-18-19(13)10-6-7-14(20-2)11(15)8-10/h6-8H,3-5,9,16H2,1-2H3. The van der Waals surface area contributed by atoms with E-state index in [1.54, 1.807) is 7.11 Å². The van der Waals surface area contributed by atoms with Crippen molar-refractivity contribution in [1.29, 1.82) is 0 Å². The van der Waals surface area contributed by atoms with Gasteiger partial charge in [0.15, 0.2) is 0 Å². The summed E-state index contributed by atoms with van der Waals surface area (Å²) >= 11 is 6.17. The maximum atomic E-state index is 6.17. The fraction of sp³-hybridized carbons (Fsp3) is 0.429. The van der Waals surface area contributed by atoms with E-state index in [2.05, 4.69) is 17.2 Å². The Morgan fingerprint density at radius 2 is 2.20 bits per heavy atom. The van der Waals surface area contributed by atoms with Gasteiger partial charge in [0.25, 0.3) is 0 Å². The van der Waals surface area contributed by atoms with Crippen molar-refractivity contribution < 1.29 is 4.74 Å². The van der Waals surface area contributed by atoms with Crippen molar-refractivity contribution in [2.24, 2.45) is 5.73 Å². The minimum Gasteiger partial charge on any atom is -0.495 e. The van der Waals surface area contributed by atoms with Gasteiger partial charge in [0.2, 0.25) is 0 Å². The molecular weight excluding hydrogens is 276 g/mol. The summed E-state index contributed by atoms with van der Waals surface area (Å²) in [5, 5.41) is 8.90. The van der Waals surface area contributed by atoms with Crippen molar-refractivity contribution in [2.45, 2.75) is 32.7 Å². The number of aromatic nitrogens is 3. The van der Waals surface area contributed by atoms with Gasteiger partial charge in [0.1, 0.15) is 5.75 Å². The molecule has 0 saturated carbocycles. The molecule has 6 heteroatoms. The molecule has 20 heavy (non-hydrogen) atoms. The number of unbranched alkanes of at least 4 members (excludes halogenated alkanes) is 1. The van der Waals surface area contributed by atoms with Crippen LogP contribution in [0.4, 0.5) is 0 Å². The van der Waals surface area contributed by atoms with E-state index in [-0.39, 0.29) is 0 Å². The van der Waals surface area contributed by atoms with Gasteiger partial charge in [-0.2, -0.15) is 0 Å². The van der Waals surface area contributed by atoms with Gasteiger partial charge in [0, 0.05) is 6.54 Å². The van der Waals surface area contributed by atoms with Crippen LogP contribution in [0.15, 0.2) is 18.2 Å². The van der Waals surface area contributed by atoms with E-state index in [0.717, 1.165) is 36.3 Å². The Bertz CT molecular complexity index is 583. The number of nitrogens with zero attached hydrogens (tertiary/aromatic N) is 3. The molecule has 1 aromatic carbocycles. The van der Waals surface area contributed by atoms with E-state index in [4.69, 9.17) is 22.1 Å². The van der Waals surface area contributed by atoms with Gasteiger partial charge in [-0.1, -0.05) is 30.2 Å². The molecule has 2 rings (SSSR count). The maximum Gasteiger partial charge on any atom is 0.137 e. The molecule has 0 radical (unpaired) electrons. The largest absolute Gasteiger partial charge is 0.495 e. The highest BCUT2D eigenvalue weighted by Crippen LogP contribution is 2.27. The van der Waals surface area contributed by atoms with Gasteiger partial charge >= 0.3 is 0 Å². The summed E-state index contributed by atoms with van der Waals surface area (Å²) in [4.78, 5) is 0. The second kappa shape index (κ2) is 6.72. The monoisotopic (exact) mass is 294 g/mol. The molecule has 0 bridgehead atoms. The van der Waals surface area contributed by atoms with E-state index in [9.17, 15) is 0 Å². The molecule has 2 aromatic rings. The van der Waals surface area contributed by atoms with Crippen LogP contribution in [0.2, 0.25) is 5.02 Å². The topological polar surface area (TPSA) is 66.0 Å². The van der Waals surface area contributed by atoms with E-state index in [1.165, 1.54) is 0 Å². The lowest BCUT2D eigenvalue weighted by Gasteiger charge is -2.09. The quantitative estimate of drug-likeness (QED) is 0.889. The number of nitrogens with two attached hydrogens (primary N) is 1. The van der Waals surface area contributed by atoms with Gasteiger partial charge < -0.3 is 10.5 Å². The van der Waals surface area contributed by atoms with Crippen LogP contribution in [0.5, 0.6) is 5.75 Å². The minimum absolute atomic E-state index is 0.392. The Hall–Kier alpha value is -1.59. The van der Waals surface area contributed by atoms with Gasteiger partial charge in [0.05, 0.1) is 29.2 Å². The molecule has 2 N–H and O–H groups in total. The predicted octanol–water partition coefficient (Wildman–Crippen LogP) is 2.73. The van der Waals surface area contributed by atoms with Crippen LogP contribution in [0.3, 0.4) is 0 Å². The summed E-state index contributed by atoms with van der Waals surface area (Å²) in [6.07, 6.45) is 3.09. The molecule has 0 aliphatic heterocycles. The molecule has 0 fully saturated rings. The molecule has 1 aromatic heterocycles. The van der Waals surface area contributed by atoms with E-state index < -0.39 is 0 Å². The Morgan fingerprint density at radius 3 is 2.80 bits per heavy atom. The Labute approximate surface area is 123 Å². The zero-order valence-electron chi connectivity index (χ0n) is 11.8. The van der Waals surface area contributed by atoms with Gasteiger partial charge in [-0.25, -0.2) is 4.68 Å². The SMILES string of the molecule is CCCCc1c(CN)nnn1-c1ccc(OC)c(Cl)c1. The zero-order chi connectivity index (χ0) is 14.5. The molecule has 5 nitrogen and oxygen atoms in total. The number of benzene rings is 1. The summed E-state index contributed by atoms with van der Waals surface area (Å²) in [5.41, 5.74) is 8.49. The average Bonchev–Trinajstić information content (AvgIpc) is 2.87. The lowest BCUT2D eigenvalue weighted by atomic mass is 10.1. The first-order chi connectivity index (χ1) is 9.71. The van der Waals surface area contributed by atoms with Crippen LogP contribution >= 0.6 is 11.6 Å². The van der Waals surface area contributed by atoms with Crippen LogP contribution < -0.4 is 10.5 Å². The van der Waals surface area contributed by atoms with Crippen molar-refractivity contribution in [3.05, 3.63) is 34.6 Å². The number of rotatable bonds is 6. The summed E-state index contributed by atoms with van der Waals surface area (Å²) < 4.78 is 6.97. The second-order valence-electron chi connectivity index (χ2n) is 4.52. The molecule has 0 saturated heterocycles. The number of methoxy groups -OCH3 is 1. The molecule has 0 unspecified atom stereocenters. The Kier molecular flexibility index (Phi) is 4.98. The van der Waals surface area contributed by atoms with Crippen LogP contribution in [-0.2, 0) is 13.0 Å². The fourth-order valence-electron chi connectivity index (χ4n) is 2.08. The molecule has 108 valence electrons. The van der Waals surface area contributed by atoms with Crippen molar-refractivity contribution in [3.8, 4) is 11.4 Å². The normalized spacial score (nSPS) is 10.8. The Morgan fingerprint density at radius 1 is 1.40 bits per heavy atom. The van der Waals surface area contributed by atoms with Gasteiger partial charge in [-0.3, -0.25) is 0 Å². The molecule has 0 spiro atoms. The van der Waals surface area contributed by atoms with Crippen molar-refractivity contribution in [3.63, 3.8) is 0 Å². The lowest BCUT2D eigenvalue weighted by molar-refractivity contribution is 0.415. The van der Waals surface area contributed by atoms with Crippen molar-refractivity contribution in [1.82, 2.24) is 15.0 Å². The number of ether oxygens (including phenoxy) is 1. The van der Waals surface area contributed by atoms with Gasteiger partial charge in [-0.05, 0) is 31.0 Å². The maximum absolute atomic E-state index is 6.17. The summed E-state index contributed by atoms with van der Waals surface area (Å²) in [6, 6.07) is 5.56. The van der Waals surface area contributed by atoms with Gasteiger partial charge in [-0.15, -0.1) is 5.10 Å². The third kappa shape index (κ3) is 2.94. The molecule has 0 amide bonds. The summed E-state index contributed by atoms with van der Waals surface area (Å²) in [6.45, 7) is 2.55. The van der Waals surface area contributed by atoms with E-state index in [1.807, 2.05) is 22.9 Å². The second-order valence-corrected chi connectivity index (χ2v) is 4.93. The molecular formula is C14H19ClN4O. The van der Waals surface area contributed by atoms with Crippen molar-refractivity contribution in [2.75, 3.05) is 7.11 Å². The highest BCUT2D eigenvalue weighted by molar-refractivity contribution is 6.32. The Balaban J connectivity index is 2.41. The number of hydrogen-bond donors (Lipinski definition) is 1. The molecule has 0 atom stereocenters. The molecule has 1 heterocycles. The van der Waals surface area contributed by atoms with Crippen LogP contribution in [-0.4, -0.2) is 22.1 Å². The number of halogens is 1. The first-order valence-electron chi connectivity index (χ1n) is 6.68. The molecule has 0 aliphatic carbocycles. The molecule has 0 aliphatic rings. The minimum atomic E-state index is 0.392. The average molecular weight is 295 g/mol. The summed E-state index contributed by atoms with van der Waals surface area (Å²) in [5.74, 6) is 0.643. The summed E-state index contributed by atoms with van der Waals surface area (Å²) in [7, 11) is 1.59. The zero-order valence-corrected chi connectivity index (χ0v) is 12.5. The number of hydrogen-bond acceptors (Lipinski definition) is 4. The van der Waals surface area contributed by atoms with Crippen LogP contribution in [0.25, 0.3) is 5.69 Å². The smallest absolute Gasteiger partial charge is 0.137 e. The highest BCUT2D eigenvalue weighted by Gasteiger charge is 2.13. The third-order valence-corrected chi connectivity index (χ3v) is 3.48. The third-order valence-electron chi connectivity index (χ3n) is 3.18.